The molecule has 0 spiro atoms. The number of hydrogen-bond acceptors (Lipinski definition) is 3. The number of ether oxygens (including phenoxy) is 1. The van der Waals surface area contributed by atoms with E-state index < -0.39 is 6.04 Å². The smallest absolute Gasteiger partial charge is 0.241 e. The first-order valence-electron chi connectivity index (χ1n) is 6.04. The van der Waals surface area contributed by atoms with Crippen LogP contribution >= 0.6 is 0 Å². The maximum atomic E-state index is 11.5. The van der Waals surface area contributed by atoms with Crippen LogP contribution in [0.5, 0.6) is 11.5 Å². The van der Waals surface area contributed by atoms with Crippen LogP contribution in [0.25, 0.3) is 0 Å². The minimum Gasteiger partial charge on any atom is -0.457 e. The summed E-state index contributed by atoms with van der Waals surface area (Å²) in [7, 11) is 0. The van der Waals surface area contributed by atoms with E-state index in [1.54, 1.807) is 19.1 Å². The summed E-state index contributed by atoms with van der Waals surface area (Å²) in [5.74, 6) is 1.18. The van der Waals surface area contributed by atoms with E-state index in [0.29, 0.717) is 11.4 Å². The zero-order valence-corrected chi connectivity index (χ0v) is 10.7. The van der Waals surface area contributed by atoms with E-state index in [9.17, 15) is 4.79 Å². The van der Waals surface area contributed by atoms with Crippen LogP contribution in [0.2, 0.25) is 0 Å². The van der Waals surface area contributed by atoms with Crippen LogP contribution in [0, 0.1) is 0 Å². The highest BCUT2D eigenvalue weighted by atomic mass is 16.5. The predicted molar refractivity (Wildman–Crippen MR) is 75.2 cm³/mol. The van der Waals surface area contributed by atoms with E-state index in [1.807, 2.05) is 42.5 Å². The lowest BCUT2D eigenvalue weighted by Gasteiger charge is -2.10. The topological polar surface area (TPSA) is 64.4 Å². The van der Waals surface area contributed by atoms with Gasteiger partial charge in [-0.2, -0.15) is 0 Å². The summed E-state index contributed by atoms with van der Waals surface area (Å²) in [5, 5.41) is 2.72. The molecule has 2 aromatic carbocycles. The Hall–Kier alpha value is -2.33. The third-order valence-electron chi connectivity index (χ3n) is 2.49. The molecule has 0 bridgehead atoms. The highest BCUT2D eigenvalue weighted by molar-refractivity contribution is 5.94. The van der Waals surface area contributed by atoms with Gasteiger partial charge in [-0.25, -0.2) is 0 Å². The molecule has 0 aliphatic carbocycles. The van der Waals surface area contributed by atoms with Gasteiger partial charge in [-0.1, -0.05) is 24.3 Å². The van der Waals surface area contributed by atoms with Crippen molar-refractivity contribution in [3.05, 3.63) is 54.6 Å². The molecule has 0 aliphatic rings. The Morgan fingerprint density at radius 1 is 1.11 bits per heavy atom. The van der Waals surface area contributed by atoms with E-state index >= 15 is 0 Å². The van der Waals surface area contributed by atoms with Gasteiger partial charge in [0.2, 0.25) is 5.91 Å². The first kappa shape index (κ1) is 13.1. The molecule has 0 radical (unpaired) electrons. The van der Waals surface area contributed by atoms with Crippen molar-refractivity contribution in [2.75, 3.05) is 5.32 Å². The Bertz CT molecular complexity index is 553. The van der Waals surface area contributed by atoms with Crippen molar-refractivity contribution in [3.8, 4) is 11.5 Å². The molecule has 0 aliphatic heterocycles. The van der Waals surface area contributed by atoms with Gasteiger partial charge >= 0.3 is 0 Å². The fourth-order valence-electron chi connectivity index (χ4n) is 1.52. The zero-order chi connectivity index (χ0) is 13.7. The number of nitrogens with one attached hydrogen (secondary N) is 1. The summed E-state index contributed by atoms with van der Waals surface area (Å²) in [5.41, 5.74) is 6.16. The van der Waals surface area contributed by atoms with Crippen molar-refractivity contribution >= 4 is 11.6 Å². The number of rotatable bonds is 4. The Labute approximate surface area is 112 Å². The number of benzene rings is 2. The van der Waals surface area contributed by atoms with Gasteiger partial charge in [-0.3, -0.25) is 4.79 Å². The Morgan fingerprint density at radius 2 is 1.79 bits per heavy atom. The zero-order valence-electron chi connectivity index (χ0n) is 10.7. The molecule has 2 rings (SSSR count). The summed E-state index contributed by atoms with van der Waals surface area (Å²) in [4.78, 5) is 11.5. The standard InChI is InChI=1S/C15H16N2O2/c1-11(16)15(18)17-12-6-5-9-14(10-12)19-13-7-3-2-4-8-13/h2-11H,16H2,1H3,(H,17,18)/t11-/m1/s1. The average Bonchev–Trinajstić information content (AvgIpc) is 2.40. The monoisotopic (exact) mass is 256 g/mol. The lowest BCUT2D eigenvalue weighted by atomic mass is 10.2. The molecule has 1 atom stereocenters. The lowest BCUT2D eigenvalue weighted by molar-refractivity contribution is -0.117. The van der Waals surface area contributed by atoms with Crippen molar-refractivity contribution in [2.45, 2.75) is 13.0 Å². The summed E-state index contributed by atoms with van der Waals surface area (Å²) in [6.45, 7) is 1.64. The third-order valence-corrected chi connectivity index (χ3v) is 2.49. The number of amides is 1. The van der Waals surface area contributed by atoms with Gasteiger partial charge in [0, 0.05) is 11.8 Å². The van der Waals surface area contributed by atoms with Crippen molar-refractivity contribution in [2.24, 2.45) is 5.73 Å². The molecule has 0 fully saturated rings. The molecular weight excluding hydrogens is 240 g/mol. The second-order valence-corrected chi connectivity index (χ2v) is 4.22. The number of carbonyl (C=O) groups is 1. The Kier molecular flexibility index (Phi) is 4.15. The van der Waals surface area contributed by atoms with Gasteiger partial charge in [0.05, 0.1) is 6.04 Å². The molecule has 4 nitrogen and oxygen atoms in total. The SMILES string of the molecule is C[C@@H](N)C(=O)Nc1cccc(Oc2ccccc2)c1. The van der Waals surface area contributed by atoms with E-state index in [-0.39, 0.29) is 5.91 Å². The summed E-state index contributed by atoms with van der Waals surface area (Å²) >= 11 is 0. The molecule has 0 saturated carbocycles. The van der Waals surface area contributed by atoms with Gasteiger partial charge in [-0.05, 0) is 31.2 Å². The van der Waals surface area contributed by atoms with Crippen LogP contribution in [0.3, 0.4) is 0 Å². The largest absolute Gasteiger partial charge is 0.457 e. The highest BCUT2D eigenvalue weighted by Crippen LogP contribution is 2.23. The molecule has 19 heavy (non-hydrogen) atoms. The quantitative estimate of drug-likeness (QED) is 0.884. The minimum atomic E-state index is -0.543. The van der Waals surface area contributed by atoms with Crippen LogP contribution in [-0.4, -0.2) is 11.9 Å². The molecule has 1 amide bonds. The molecule has 98 valence electrons. The van der Waals surface area contributed by atoms with Crippen LogP contribution in [0.15, 0.2) is 54.6 Å². The first-order chi connectivity index (χ1) is 9.15. The fourth-order valence-corrected chi connectivity index (χ4v) is 1.52. The Balaban J connectivity index is 2.09. The summed E-state index contributed by atoms with van der Waals surface area (Å²) < 4.78 is 5.68. The maximum Gasteiger partial charge on any atom is 0.241 e. The van der Waals surface area contributed by atoms with Crippen molar-refractivity contribution in [1.29, 1.82) is 0 Å². The minimum absolute atomic E-state index is 0.225. The number of carbonyl (C=O) groups excluding carboxylic acids is 1. The molecule has 0 saturated heterocycles. The van der Waals surface area contributed by atoms with Crippen LogP contribution in [0.1, 0.15) is 6.92 Å². The van der Waals surface area contributed by atoms with Gasteiger partial charge in [0.1, 0.15) is 11.5 Å². The van der Waals surface area contributed by atoms with Crippen LogP contribution < -0.4 is 15.8 Å². The molecule has 2 aromatic rings. The second-order valence-electron chi connectivity index (χ2n) is 4.22. The average molecular weight is 256 g/mol. The lowest BCUT2D eigenvalue weighted by Crippen LogP contribution is -2.32. The molecule has 0 unspecified atom stereocenters. The Morgan fingerprint density at radius 3 is 2.47 bits per heavy atom. The number of anilines is 1. The van der Waals surface area contributed by atoms with Crippen LogP contribution in [-0.2, 0) is 4.79 Å². The second kappa shape index (κ2) is 6.02. The van der Waals surface area contributed by atoms with Crippen molar-refractivity contribution in [3.63, 3.8) is 0 Å². The maximum absolute atomic E-state index is 11.5. The van der Waals surface area contributed by atoms with E-state index in [1.165, 1.54) is 0 Å². The number of nitrogens with two attached hydrogens (primary N) is 1. The van der Waals surface area contributed by atoms with Crippen molar-refractivity contribution in [1.82, 2.24) is 0 Å². The third kappa shape index (κ3) is 3.82. The summed E-state index contributed by atoms with van der Waals surface area (Å²) in [6.07, 6.45) is 0. The highest BCUT2D eigenvalue weighted by Gasteiger charge is 2.07. The number of para-hydroxylation sites is 1. The van der Waals surface area contributed by atoms with E-state index in [2.05, 4.69) is 5.32 Å². The number of hydrogen-bond donors (Lipinski definition) is 2. The molecule has 0 heterocycles. The first-order valence-corrected chi connectivity index (χ1v) is 6.04. The fraction of sp³-hybridized carbons (Fsp3) is 0.133. The normalized spacial score (nSPS) is 11.7. The predicted octanol–water partition coefficient (Wildman–Crippen LogP) is 2.76. The molecule has 3 N–H and O–H groups in total. The van der Waals surface area contributed by atoms with Gasteiger partial charge in [0.25, 0.3) is 0 Å². The van der Waals surface area contributed by atoms with Gasteiger partial charge in [0.15, 0.2) is 0 Å². The van der Waals surface area contributed by atoms with E-state index in [4.69, 9.17) is 10.5 Å². The van der Waals surface area contributed by atoms with Crippen LogP contribution in [0.4, 0.5) is 5.69 Å². The molecule has 0 aromatic heterocycles. The molecule has 4 heteroatoms. The summed E-state index contributed by atoms with van der Waals surface area (Å²) in [6, 6.07) is 16.1. The van der Waals surface area contributed by atoms with E-state index in [0.717, 1.165) is 5.75 Å². The molecular formula is C15H16N2O2. The van der Waals surface area contributed by atoms with Gasteiger partial charge < -0.3 is 15.8 Å². The van der Waals surface area contributed by atoms with Gasteiger partial charge in [-0.15, -0.1) is 0 Å². The van der Waals surface area contributed by atoms with Crippen molar-refractivity contribution < 1.29 is 9.53 Å².